The summed E-state index contributed by atoms with van der Waals surface area (Å²) in [4.78, 5) is 18.2. The highest BCUT2D eigenvalue weighted by Crippen LogP contribution is 2.15. The number of hydrogen-bond donors (Lipinski definition) is 2. The van der Waals surface area contributed by atoms with E-state index >= 15 is 0 Å². The van der Waals surface area contributed by atoms with Crippen molar-refractivity contribution in [3.8, 4) is 5.75 Å². The molecule has 0 aliphatic heterocycles. The molecule has 0 saturated carbocycles. The lowest BCUT2D eigenvalue weighted by Gasteiger charge is -2.15. The number of aromatic nitrogens is 1. The Labute approximate surface area is 183 Å². The smallest absolute Gasteiger partial charge is 0.241 e. The summed E-state index contributed by atoms with van der Waals surface area (Å²) in [6.45, 7) is 2.36. The Kier molecular flexibility index (Phi) is 7.92. The lowest BCUT2D eigenvalue weighted by molar-refractivity contribution is -0.127. The van der Waals surface area contributed by atoms with Gasteiger partial charge in [0, 0.05) is 38.9 Å². The topological polar surface area (TPSA) is 70.9 Å². The van der Waals surface area contributed by atoms with E-state index in [9.17, 15) is 4.79 Å². The summed E-state index contributed by atoms with van der Waals surface area (Å²) in [6.07, 6.45) is 3.06. The molecule has 0 aliphatic rings. The highest BCUT2D eigenvalue weighted by atomic mass is 16.5. The first kappa shape index (κ1) is 22.2. The van der Waals surface area contributed by atoms with Gasteiger partial charge in [-0.25, -0.2) is 4.99 Å². The maximum absolute atomic E-state index is 12.0. The Morgan fingerprint density at radius 2 is 1.84 bits per heavy atom. The van der Waals surface area contributed by atoms with Gasteiger partial charge in [-0.1, -0.05) is 30.3 Å². The molecule has 0 atom stereocenters. The largest absolute Gasteiger partial charge is 0.497 e. The van der Waals surface area contributed by atoms with Gasteiger partial charge in [0.25, 0.3) is 0 Å². The van der Waals surface area contributed by atoms with Crippen LogP contribution in [0.4, 0.5) is 0 Å². The summed E-state index contributed by atoms with van der Waals surface area (Å²) >= 11 is 0. The van der Waals surface area contributed by atoms with E-state index in [0.717, 1.165) is 30.8 Å². The lowest BCUT2D eigenvalue weighted by Crippen LogP contribution is -2.43. The van der Waals surface area contributed by atoms with Gasteiger partial charge in [-0.2, -0.15) is 0 Å². The fourth-order valence-electron chi connectivity index (χ4n) is 3.18. The van der Waals surface area contributed by atoms with Gasteiger partial charge < -0.3 is 24.8 Å². The molecule has 0 spiro atoms. The van der Waals surface area contributed by atoms with E-state index in [1.807, 2.05) is 24.3 Å². The normalized spacial score (nSPS) is 11.4. The molecular formula is C24H31N5O2. The molecule has 0 aliphatic carbocycles. The second-order valence-corrected chi connectivity index (χ2v) is 7.50. The summed E-state index contributed by atoms with van der Waals surface area (Å²) in [7, 11) is 5.14. The SMILES string of the molecule is COc1ccc(CN=C(NCCCn2ccc3ccccc32)NCC(=O)N(C)C)cc1. The molecule has 0 radical (unpaired) electrons. The quantitative estimate of drug-likeness (QED) is 0.317. The molecule has 2 aromatic carbocycles. The Balaban J connectivity index is 1.56. The number of methoxy groups -OCH3 is 1. The van der Waals surface area contributed by atoms with Gasteiger partial charge in [0.05, 0.1) is 20.2 Å². The van der Waals surface area contributed by atoms with Crippen LogP contribution in [0.25, 0.3) is 10.9 Å². The number of hydrogen-bond acceptors (Lipinski definition) is 3. The molecular weight excluding hydrogens is 390 g/mol. The zero-order valence-electron chi connectivity index (χ0n) is 18.5. The monoisotopic (exact) mass is 421 g/mol. The molecule has 7 nitrogen and oxygen atoms in total. The Hall–Kier alpha value is -3.48. The van der Waals surface area contributed by atoms with E-state index in [4.69, 9.17) is 4.74 Å². The van der Waals surface area contributed by atoms with Gasteiger partial charge in [-0.15, -0.1) is 0 Å². The molecule has 2 N–H and O–H groups in total. The number of guanidine groups is 1. The molecule has 0 saturated heterocycles. The lowest BCUT2D eigenvalue weighted by atomic mass is 10.2. The van der Waals surface area contributed by atoms with Crippen molar-refractivity contribution in [3.05, 3.63) is 66.4 Å². The minimum Gasteiger partial charge on any atom is -0.497 e. The number of benzene rings is 2. The minimum absolute atomic E-state index is 0.00208. The number of carbonyl (C=O) groups excluding carboxylic acids is 1. The van der Waals surface area contributed by atoms with E-state index < -0.39 is 0 Å². The summed E-state index contributed by atoms with van der Waals surface area (Å²) in [5.41, 5.74) is 2.31. The van der Waals surface area contributed by atoms with Crippen LogP contribution in [0.2, 0.25) is 0 Å². The maximum Gasteiger partial charge on any atom is 0.241 e. The summed E-state index contributed by atoms with van der Waals surface area (Å²) in [6, 6.07) is 18.3. The van der Waals surface area contributed by atoms with Crippen molar-refractivity contribution < 1.29 is 9.53 Å². The first-order valence-electron chi connectivity index (χ1n) is 10.5. The third-order valence-corrected chi connectivity index (χ3v) is 5.03. The van der Waals surface area contributed by atoms with Crippen molar-refractivity contribution in [1.29, 1.82) is 0 Å². The van der Waals surface area contributed by atoms with Crippen molar-refractivity contribution in [2.75, 3.05) is 34.3 Å². The number of ether oxygens (including phenoxy) is 1. The number of nitrogens with zero attached hydrogens (tertiary/aromatic N) is 3. The Morgan fingerprint density at radius 1 is 1.06 bits per heavy atom. The van der Waals surface area contributed by atoms with E-state index in [-0.39, 0.29) is 12.5 Å². The Morgan fingerprint density at radius 3 is 2.58 bits per heavy atom. The standard InChI is InChI=1S/C24H31N5O2/c1-28(2)23(30)18-27-24(26-17-19-9-11-21(31-3)12-10-19)25-14-6-15-29-16-13-20-7-4-5-8-22(20)29/h4-5,7-13,16H,6,14-15,17-18H2,1-3H3,(H2,25,26,27). The van der Waals surface area contributed by atoms with E-state index in [1.54, 1.807) is 26.1 Å². The van der Waals surface area contributed by atoms with Crippen molar-refractivity contribution in [1.82, 2.24) is 20.1 Å². The first-order chi connectivity index (χ1) is 15.1. The first-order valence-corrected chi connectivity index (χ1v) is 10.5. The van der Waals surface area contributed by atoms with Crippen LogP contribution in [-0.4, -0.2) is 55.6 Å². The molecule has 1 heterocycles. The van der Waals surface area contributed by atoms with Crippen LogP contribution >= 0.6 is 0 Å². The number of nitrogens with one attached hydrogen (secondary N) is 2. The number of aliphatic imine (C=N–C) groups is 1. The van der Waals surface area contributed by atoms with Gasteiger partial charge in [0.15, 0.2) is 5.96 Å². The predicted molar refractivity (Wildman–Crippen MR) is 125 cm³/mol. The zero-order valence-corrected chi connectivity index (χ0v) is 18.5. The van der Waals surface area contributed by atoms with Crippen LogP contribution in [0, 0.1) is 0 Å². The summed E-state index contributed by atoms with van der Waals surface area (Å²) < 4.78 is 7.46. The molecule has 1 amide bonds. The van der Waals surface area contributed by atoms with Gasteiger partial charge in [-0.05, 0) is 41.6 Å². The van der Waals surface area contributed by atoms with Crippen LogP contribution in [0.5, 0.6) is 5.75 Å². The summed E-state index contributed by atoms with van der Waals surface area (Å²) in [5.74, 6) is 1.44. The molecule has 7 heteroatoms. The highest BCUT2D eigenvalue weighted by molar-refractivity contribution is 5.86. The van der Waals surface area contributed by atoms with Crippen LogP contribution in [0.15, 0.2) is 65.8 Å². The van der Waals surface area contributed by atoms with Crippen molar-refractivity contribution in [2.45, 2.75) is 19.5 Å². The number of likely N-dealkylation sites (N-methyl/N-ethyl adjacent to an activating group) is 1. The molecule has 3 aromatic rings. The minimum atomic E-state index is -0.00208. The molecule has 1 aromatic heterocycles. The Bertz CT molecular complexity index is 1010. The second kappa shape index (κ2) is 11.1. The van der Waals surface area contributed by atoms with Crippen LogP contribution in [0.1, 0.15) is 12.0 Å². The van der Waals surface area contributed by atoms with E-state index in [1.165, 1.54) is 10.9 Å². The number of amides is 1. The number of carbonyl (C=O) groups is 1. The van der Waals surface area contributed by atoms with E-state index in [0.29, 0.717) is 12.5 Å². The van der Waals surface area contributed by atoms with Gasteiger partial charge in [0.2, 0.25) is 5.91 Å². The third-order valence-electron chi connectivity index (χ3n) is 5.03. The molecule has 0 unspecified atom stereocenters. The van der Waals surface area contributed by atoms with Gasteiger partial charge in [-0.3, -0.25) is 4.79 Å². The number of para-hydroxylation sites is 1. The number of fused-ring (bicyclic) bond motifs is 1. The third kappa shape index (κ3) is 6.50. The van der Waals surface area contributed by atoms with Crippen LogP contribution < -0.4 is 15.4 Å². The molecule has 31 heavy (non-hydrogen) atoms. The fourth-order valence-corrected chi connectivity index (χ4v) is 3.18. The average Bonchev–Trinajstić information content (AvgIpc) is 3.21. The molecule has 0 fully saturated rings. The molecule has 3 rings (SSSR count). The second-order valence-electron chi connectivity index (χ2n) is 7.50. The predicted octanol–water partition coefficient (Wildman–Crippen LogP) is 2.86. The maximum atomic E-state index is 12.0. The molecule has 164 valence electrons. The number of aryl methyl sites for hydroxylation is 1. The van der Waals surface area contributed by atoms with Gasteiger partial charge in [0.1, 0.15) is 5.75 Å². The van der Waals surface area contributed by atoms with Crippen molar-refractivity contribution in [2.24, 2.45) is 4.99 Å². The fraction of sp³-hybridized carbons (Fsp3) is 0.333. The van der Waals surface area contributed by atoms with Gasteiger partial charge >= 0.3 is 0 Å². The van der Waals surface area contributed by atoms with Crippen molar-refractivity contribution >= 4 is 22.8 Å². The average molecular weight is 422 g/mol. The molecule has 0 bridgehead atoms. The zero-order chi connectivity index (χ0) is 22.1. The highest BCUT2D eigenvalue weighted by Gasteiger charge is 2.06. The number of rotatable bonds is 9. The van der Waals surface area contributed by atoms with Crippen LogP contribution in [-0.2, 0) is 17.9 Å². The van der Waals surface area contributed by atoms with E-state index in [2.05, 4.69) is 56.7 Å². The summed E-state index contributed by atoms with van der Waals surface area (Å²) in [5, 5.41) is 7.73. The van der Waals surface area contributed by atoms with Crippen LogP contribution in [0.3, 0.4) is 0 Å². The van der Waals surface area contributed by atoms with Crippen molar-refractivity contribution in [3.63, 3.8) is 0 Å².